The van der Waals surface area contributed by atoms with E-state index in [1.54, 1.807) is 0 Å². The lowest BCUT2D eigenvalue weighted by atomic mass is 10.3. The second kappa shape index (κ2) is 7.33. The number of carbonyl (C=O) groups excluding carboxylic acids is 1. The molecule has 4 heteroatoms. The van der Waals surface area contributed by atoms with Crippen LogP contribution in [-0.2, 0) is 4.79 Å². The van der Waals surface area contributed by atoms with Crippen LogP contribution in [0.4, 0.5) is 0 Å². The Bertz CT molecular complexity index is 151. The number of nitrogens with one attached hydrogen (secondary N) is 1. The van der Waals surface area contributed by atoms with Gasteiger partial charge in [-0.1, -0.05) is 15.9 Å². The van der Waals surface area contributed by atoms with Crippen LogP contribution in [0.1, 0.15) is 20.3 Å². The van der Waals surface area contributed by atoms with Gasteiger partial charge in [0, 0.05) is 30.9 Å². The number of hydrogen-bond donors (Lipinski definition) is 1. The quantitative estimate of drug-likeness (QED) is 0.720. The second-order valence-electron chi connectivity index (χ2n) is 3.36. The van der Waals surface area contributed by atoms with Gasteiger partial charge in [0.25, 0.3) is 0 Å². The van der Waals surface area contributed by atoms with Crippen LogP contribution in [0.5, 0.6) is 0 Å². The van der Waals surface area contributed by atoms with Gasteiger partial charge in [0.1, 0.15) is 0 Å². The summed E-state index contributed by atoms with van der Waals surface area (Å²) in [6.07, 6.45) is 0.561. The van der Waals surface area contributed by atoms with Gasteiger partial charge in [-0.05, 0) is 20.9 Å². The number of nitrogens with zero attached hydrogens (tertiary/aromatic N) is 1. The van der Waals surface area contributed by atoms with E-state index in [1.807, 2.05) is 0 Å². The van der Waals surface area contributed by atoms with Crippen LogP contribution < -0.4 is 5.32 Å². The van der Waals surface area contributed by atoms with Gasteiger partial charge >= 0.3 is 0 Å². The van der Waals surface area contributed by atoms with Crippen LogP contribution in [-0.4, -0.2) is 42.3 Å². The molecule has 0 rings (SSSR count). The summed E-state index contributed by atoms with van der Waals surface area (Å²) in [5.74, 6) is 0.119. The maximum absolute atomic E-state index is 11.0. The maximum atomic E-state index is 11.0. The summed E-state index contributed by atoms with van der Waals surface area (Å²) in [6, 6.07) is 0.535. The Labute approximate surface area is 89.0 Å². The molecule has 0 aromatic heterocycles. The minimum atomic E-state index is 0.119. The Kier molecular flexibility index (Phi) is 7.28. The molecule has 13 heavy (non-hydrogen) atoms. The first kappa shape index (κ1) is 12.9. The third-order valence-corrected chi connectivity index (χ3v) is 2.39. The molecular weight excluding hydrogens is 232 g/mol. The van der Waals surface area contributed by atoms with Crippen LogP contribution in [0.2, 0.25) is 0 Å². The zero-order valence-corrected chi connectivity index (χ0v) is 10.2. The number of carbonyl (C=O) groups is 1. The van der Waals surface area contributed by atoms with Crippen LogP contribution in [0.25, 0.3) is 0 Å². The van der Waals surface area contributed by atoms with Crippen molar-refractivity contribution in [2.75, 3.05) is 25.5 Å². The Morgan fingerprint density at radius 2 is 2.15 bits per heavy atom. The van der Waals surface area contributed by atoms with Crippen LogP contribution in [0.3, 0.4) is 0 Å². The minimum absolute atomic E-state index is 0.119. The van der Waals surface area contributed by atoms with Gasteiger partial charge in [0.15, 0.2) is 0 Å². The first-order valence-corrected chi connectivity index (χ1v) is 5.73. The predicted octanol–water partition coefficient (Wildman–Crippen LogP) is 1.23. The summed E-state index contributed by atoms with van der Waals surface area (Å²) in [5.41, 5.74) is 0. The van der Waals surface area contributed by atoms with Gasteiger partial charge in [-0.15, -0.1) is 0 Å². The van der Waals surface area contributed by atoms with Gasteiger partial charge in [-0.3, -0.25) is 4.79 Å². The van der Waals surface area contributed by atoms with E-state index >= 15 is 0 Å². The first-order chi connectivity index (χ1) is 6.07. The summed E-state index contributed by atoms with van der Waals surface area (Å²) in [4.78, 5) is 13.2. The molecule has 0 spiro atoms. The number of amides is 1. The Morgan fingerprint density at radius 3 is 2.62 bits per heavy atom. The fraction of sp³-hybridized carbons (Fsp3) is 0.889. The summed E-state index contributed by atoms with van der Waals surface area (Å²) in [7, 11) is 2.06. The smallest absolute Gasteiger partial charge is 0.220 e. The van der Waals surface area contributed by atoms with Crippen LogP contribution in [0, 0.1) is 0 Å². The molecule has 0 aliphatic heterocycles. The molecule has 78 valence electrons. The molecule has 0 saturated carbocycles. The molecule has 0 atom stereocenters. The van der Waals surface area contributed by atoms with E-state index in [9.17, 15) is 4.79 Å². The fourth-order valence-electron chi connectivity index (χ4n) is 0.804. The molecule has 0 radical (unpaired) electrons. The highest BCUT2D eigenvalue weighted by atomic mass is 79.9. The first-order valence-electron chi connectivity index (χ1n) is 4.60. The molecule has 1 N–H and O–H groups in total. The molecule has 0 fully saturated rings. The van der Waals surface area contributed by atoms with Gasteiger partial charge in [-0.2, -0.15) is 0 Å². The lowest BCUT2D eigenvalue weighted by Gasteiger charge is -2.20. The van der Waals surface area contributed by atoms with E-state index in [-0.39, 0.29) is 5.91 Å². The van der Waals surface area contributed by atoms with Gasteiger partial charge in [-0.25, -0.2) is 0 Å². The van der Waals surface area contributed by atoms with Crippen LogP contribution in [0.15, 0.2) is 0 Å². The Balaban J connectivity index is 3.39. The molecule has 0 aromatic rings. The fourth-order valence-corrected chi connectivity index (χ4v) is 1.16. The third-order valence-electron chi connectivity index (χ3n) is 1.99. The standard InChI is InChI=1S/C9H19BrN2O/c1-8(2)12(3)7-6-11-9(13)4-5-10/h8H,4-7H2,1-3H3,(H,11,13). The summed E-state index contributed by atoms with van der Waals surface area (Å²) >= 11 is 3.22. The number of hydrogen-bond acceptors (Lipinski definition) is 2. The number of rotatable bonds is 6. The molecule has 0 bridgehead atoms. The van der Waals surface area contributed by atoms with E-state index in [0.717, 1.165) is 18.4 Å². The van der Waals surface area contributed by atoms with Crippen molar-refractivity contribution in [3.8, 4) is 0 Å². The number of alkyl halides is 1. The van der Waals surface area contributed by atoms with Crippen molar-refractivity contribution >= 4 is 21.8 Å². The minimum Gasteiger partial charge on any atom is -0.355 e. The summed E-state index contributed by atoms with van der Waals surface area (Å²) in [5, 5.41) is 3.59. The molecule has 0 saturated heterocycles. The molecule has 3 nitrogen and oxygen atoms in total. The van der Waals surface area contributed by atoms with Gasteiger partial charge in [0.2, 0.25) is 5.91 Å². The van der Waals surface area contributed by atoms with Crippen LogP contribution >= 0.6 is 15.9 Å². The monoisotopic (exact) mass is 250 g/mol. The van der Waals surface area contributed by atoms with Gasteiger partial charge in [0.05, 0.1) is 0 Å². The predicted molar refractivity (Wildman–Crippen MR) is 59.2 cm³/mol. The third kappa shape index (κ3) is 7.02. The Hall–Kier alpha value is -0.0900. The molecule has 0 aromatic carbocycles. The molecule has 0 unspecified atom stereocenters. The lowest BCUT2D eigenvalue weighted by molar-refractivity contribution is -0.120. The van der Waals surface area contributed by atoms with Crippen molar-refractivity contribution in [2.45, 2.75) is 26.3 Å². The molecule has 0 aliphatic rings. The largest absolute Gasteiger partial charge is 0.355 e. The van der Waals surface area contributed by atoms with Crippen molar-refractivity contribution in [3.63, 3.8) is 0 Å². The summed E-state index contributed by atoms with van der Waals surface area (Å²) in [6.45, 7) is 5.92. The lowest BCUT2D eigenvalue weighted by Crippen LogP contribution is -2.36. The Morgan fingerprint density at radius 1 is 1.54 bits per heavy atom. The molecule has 0 heterocycles. The van der Waals surface area contributed by atoms with E-state index in [4.69, 9.17) is 0 Å². The SMILES string of the molecule is CC(C)N(C)CCNC(=O)CCBr. The highest BCUT2D eigenvalue weighted by Crippen LogP contribution is 1.91. The number of halogens is 1. The second-order valence-corrected chi connectivity index (χ2v) is 4.16. The van der Waals surface area contributed by atoms with Crippen molar-refractivity contribution < 1.29 is 4.79 Å². The maximum Gasteiger partial charge on any atom is 0.220 e. The highest BCUT2D eigenvalue weighted by Gasteiger charge is 2.03. The number of likely N-dealkylation sites (N-methyl/N-ethyl adjacent to an activating group) is 1. The van der Waals surface area contributed by atoms with Gasteiger partial charge < -0.3 is 10.2 Å². The van der Waals surface area contributed by atoms with E-state index in [1.165, 1.54) is 0 Å². The molecular formula is C9H19BrN2O. The van der Waals surface area contributed by atoms with Crippen molar-refractivity contribution in [3.05, 3.63) is 0 Å². The van der Waals surface area contributed by atoms with Crippen molar-refractivity contribution in [2.24, 2.45) is 0 Å². The zero-order chi connectivity index (χ0) is 10.3. The molecule has 1 amide bonds. The van der Waals surface area contributed by atoms with Crippen molar-refractivity contribution in [1.82, 2.24) is 10.2 Å². The molecule has 0 aliphatic carbocycles. The normalized spacial score (nSPS) is 10.9. The van der Waals surface area contributed by atoms with E-state index in [2.05, 4.69) is 47.0 Å². The topological polar surface area (TPSA) is 32.3 Å². The average Bonchev–Trinajstić information content (AvgIpc) is 2.04. The summed E-state index contributed by atoms with van der Waals surface area (Å²) < 4.78 is 0. The average molecular weight is 251 g/mol. The van der Waals surface area contributed by atoms with E-state index < -0.39 is 0 Å². The highest BCUT2D eigenvalue weighted by molar-refractivity contribution is 9.09. The van der Waals surface area contributed by atoms with Crippen molar-refractivity contribution in [1.29, 1.82) is 0 Å². The van der Waals surface area contributed by atoms with E-state index in [0.29, 0.717) is 12.5 Å². The zero-order valence-electron chi connectivity index (χ0n) is 8.64.